The van der Waals surface area contributed by atoms with Crippen molar-refractivity contribution < 1.29 is 36.9 Å². The molecule has 2 saturated carbocycles. The molecule has 2 saturated heterocycles. The van der Waals surface area contributed by atoms with E-state index in [9.17, 15) is 13.2 Å². The number of benzene rings is 3. The van der Waals surface area contributed by atoms with E-state index in [1.165, 1.54) is 0 Å². The van der Waals surface area contributed by atoms with E-state index in [2.05, 4.69) is 81.3 Å². The summed E-state index contributed by atoms with van der Waals surface area (Å²) < 4.78 is 71.4. The number of hydrogen-bond acceptors (Lipinski definition) is 15. The van der Waals surface area contributed by atoms with Gasteiger partial charge in [-0.25, -0.2) is 19.9 Å². The molecule has 3 aromatic heterocycles. The number of morpholine rings is 2. The molecule has 3 aromatic carbocycles. The highest BCUT2D eigenvalue weighted by Gasteiger charge is 2.36. The largest absolute Gasteiger partial charge is 0.497 e. The van der Waals surface area contributed by atoms with Gasteiger partial charge in [-0.3, -0.25) is 9.97 Å². The van der Waals surface area contributed by atoms with Crippen molar-refractivity contribution in [3.05, 3.63) is 91.4 Å². The van der Waals surface area contributed by atoms with Crippen LogP contribution in [0.2, 0.25) is 0 Å². The van der Waals surface area contributed by atoms with E-state index in [1.54, 1.807) is 31.9 Å². The first-order valence-corrected chi connectivity index (χ1v) is 22.8. The number of rotatable bonds is 12. The van der Waals surface area contributed by atoms with Crippen LogP contribution in [0.4, 0.5) is 36.1 Å². The molecule has 1 N–H and O–H groups in total. The third-order valence-electron chi connectivity index (χ3n) is 13.1. The minimum absolute atomic E-state index is 0.00988. The second-order valence-corrected chi connectivity index (χ2v) is 17.3. The second-order valence-electron chi connectivity index (χ2n) is 17.3. The molecule has 5 heterocycles. The molecule has 0 amide bonds. The summed E-state index contributed by atoms with van der Waals surface area (Å²) in [7, 11) is 1.69. The Bertz CT molecular complexity index is 2610. The summed E-state index contributed by atoms with van der Waals surface area (Å²) in [6, 6.07) is 17.6. The van der Waals surface area contributed by atoms with Crippen LogP contribution in [0.15, 0.2) is 85.7 Å². The second kappa shape index (κ2) is 19.3. The summed E-state index contributed by atoms with van der Waals surface area (Å²) in [6.07, 6.45) is 9.13. The fraction of sp³-hybridized carbons (Fsp3) is 0.458. The minimum atomic E-state index is -4.54. The number of anilines is 4. The fourth-order valence-electron chi connectivity index (χ4n) is 9.77. The highest BCUT2D eigenvalue weighted by molar-refractivity contribution is 5.86. The first-order valence-electron chi connectivity index (χ1n) is 22.8. The van der Waals surface area contributed by atoms with Gasteiger partial charge in [-0.1, -0.05) is 6.07 Å². The number of ether oxygens (including phenoxy) is 5. The van der Waals surface area contributed by atoms with Gasteiger partial charge >= 0.3 is 6.18 Å². The normalized spacial score (nSPS) is 22.8. The molecular weight excluding hydrogens is 854 g/mol. The summed E-state index contributed by atoms with van der Waals surface area (Å²) in [4.78, 5) is 33.2. The molecule has 66 heavy (non-hydrogen) atoms. The number of nitrogens with zero attached hydrogens (tertiary/aromatic N) is 9. The van der Waals surface area contributed by atoms with Crippen molar-refractivity contribution in [1.29, 1.82) is 0 Å². The predicted octanol–water partition coefficient (Wildman–Crippen LogP) is 8.09. The molecule has 0 spiro atoms. The Morgan fingerprint density at radius 3 is 1.95 bits per heavy atom. The maximum Gasteiger partial charge on any atom is 0.433 e. The Hall–Kier alpha value is -6.27. The van der Waals surface area contributed by atoms with E-state index < -0.39 is 11.9 Å². The van der Waals surface area contributed by atoms with Crippen LogP contribution >= 0.6 is 0 Å². The molecule has 1 unspecified atom stereocenters. The molecule has 0 bridgehead atoms. The van der Waals surface area contributed by atoms with Crippen molar-refractivity contribution in [2.75, 3.05) is 73.1 Å². The Kier molecular flexibility index (Phi) is 12.7. The van der Waals surface area contributed by atoms with Gasteiger partial charge in [-0.2, -0.15) is 13.2 Å². The number of nitrogens with one attached hydrogen (secondary N) is 1. The third-order valence-corrected chi connectivity index (χ3v) is 13.1. The van der Waals surface area contributed by atoms with E-state index >= 15 is 0 Å². The van der Waals surface area contributed by atoms with E-state index in [1.807, 2.05) is 12.1 Å². The zero-order valence-electron chi connectivity index (χ0n) is 36.8. The number of fused-ring (bicyclic) bond motifs is 2. The third kappa shape index (κ3) is 9.79. The van der Waals surface area contributed by atoms with Gasteiger partial charge in [0.15, 0.2) is 0 Å². The van der Waals surface area contributed by atoms with Crippen LogP contribution < -0.4 is 34.2 Å². The van der Waals surface area contributed by atoms with E-state index in [-0.39, 0.29) is 36.3 Å². The summed E-state index contributed by atoms with van der Waals surface area (Å²) in [5, 5.41) is 3.17. The van der Waals surface area contributed by atoms with Crippen LogP contribution in [0.25, 0.3) is 22.1 Å². The number of alkyl halides is 3. The molecule has 0 radical (unpaired) electrons. The summed E-state index contributed by atoms with van der Waals surface area (Å²) in [6.45, 7) is 4.79. The number of halogens is 3. The molecule has 15 nitrogen and oxygen atoms in total. The molecule has 18 heteroatoms. The minimum Gasteiger partial charge on any atom is -0.497 e. The molecule has 1 atom stereocenters. The van der Waals surface area contributed by atoms with Crippen LogP contribution in [0.5, 0.6) is 17.2 Å². The number of aromatic nitrogens is 6. The Balaban J connectivity index is 0.840. The molecule has 6 aromatic rings. The van der Waals surface area contributed by atoms with Crippen molar-refractivity contribution in [2.24, 2.45) is 0 Å². The van der Waals surface area contributed by atoms with Crippen molar-refractivity contribution in [3.63, 3.8) is 0 Å². The van der Waals surface area contributed by atoms with Crippen molar-refractivity contribution in [1.82, 2.24) is 29.9 Å². The summed E-state index contributed by atoms with van der Waals surface area (Å²) in [5.41, 5.74) is 5.09. The number of hydrogen-bond donors (Lipinski definition) is 1. The van der Waals surface area contributed by atoms with Crippen LogP contribution in [0.1, 0.15) is 57.1 Å². The zero-order valence-corrected chi connectivity index (χ0v) is 36.8. The Labute approximate surface area is 380 Å². The van der Waals surface area contributed by atoms with Gasteiger partial charge in [0, 0.05) is 97.8 Å². The van der Waals surface area contributed by atoms with Gasteiger partial charge in [0.2, 0.25) is 0 Å². The van der Waals surface area contributed by atoms with Crippen LogP contribution in [0.3, 0.4) is 0 Å². The van der Waals surface area contributed by atoms with Gasteiger partial charge < -0.3 is 43.7 Å². The van der Waals surface area contributed by atoms with Crippen molar-refractivity contribution in [2.45, 2.75) is 88.1 Å². The monoisotopic (exact) mass is 906 g/mol. The van der Waals surface area contributed by atoms with Crippen LogP contribution in [-0.4, -0.2) is 114 Å². The smallest absolute Gasteiger partial charge is 0.433 e. The molecular formula is C48H53F3N10O5. The van der Waals surface area contributed by atoms with Gasteiger partial charge in [-0.15, -0.1) is 0 Å². The lowest BCUT2D eigenvalue weighted by molar-refractivity contribution is -0.141. The molecule has 2 aliphatic heterocycles. The lowest BCUT2D eigenvalue weighted by Crippen LogP contribution is -2.55. The van der Waals surface area contributed by atoms with E-state index in [4.69, 9.17) is 28.7 Å². The molecule has 2 aliphatic carbocycles. The average Bonchev–Trinajstić information content (AvgIpc) is 3.35. The van der Waals surface area contributed by atoms with Crippen LogP contribution in [0, 0.1) is 0 Å². The Morgan fingerprint density at radius 1 is 0.682 bits per heavy atom. The first kappa shape index (κ1) is 43.6. The Morgan fingerprint density at radius 2 is 1.30 bits per heavy atom. The predicted molar refractivity (Wildman–Crippen MR) is 244 cm³/mol. The van der Waals surface area contributed by atoms with E-state index in [0.29, 0.717) is 69.9 Å². The van der Waals surface area contributed by atoms with Gasteiger partial charge in [0.05, 0.1) is 56.7 Å². The zero-order chi connectivity index (χ0) is 45.0. The average molecular weight is 907 g/mol. The molecule has 4 aliphatic rings. The maximum absolute atomic E-state index is 13.3. The van der Waals surface area contributed by atoms with Gasteiger partial charge in [0.25, 0.3) is 0 Å². The first-order chi connectivity index (χ1) is 32.2. The quantitative estimate of drug-likeness (QED) is 0.126. The standard InChI is InChI=1S/C48H53F3N10O5/c1-62-38-4-2-3-33(23-38)61(32-7-11-37(12-8-32)66-41-26-34(59-17-20-63-21-18-59)24-39-46(41)54-15-13-52-39)45-29-60(19-22-64-45)35-25-40-47(55-16-14-53-40)42(27-35)65-36-9-5-31(6-10-36)58-44-28-43(48(49,50)51)56-30-57-44/h2-4,13-16,23-28,30-32,36-37,45H,5-12,17-22,29H2,1H3,(H,56,57,58)/t31-,32-,36+,37+,45?. The maximum atomic E-state index is 13.3. The van der Waals surface area contributed by atoms with Crippen LogP contribution in [-0.2, 0) is 15.7 Å². The highest BCUT2D eigenvalue weighted by Crippen LogP contribution is 2.39. The lowest BCUT2D eigenvalue weighted by Gasteiger charge is -2.46. The molecule has 4 fully saturated rings. The number of methoxy groups -OCH3 is 1. The fourth-order valence-corrected chi connectivity index (χ4v) is 9.77. The lowest BCUT2D eigenvalue weighted by atomic mass is 9.91. The highest BCUT2D eigenvalue weighted by atomic mass is 19.4. The van der Waals surface area contributed by atoms with Crippen molar-refractivity contribution >= 4 is 44.9 Å². The molecule has 346 valence electrons. The van der Waals surface area contributed by atoms with Crippen molar-refractivity contribution in [3.8, 4) is 17.2 Å². The van der Waals surface area contributed by atoms with Gasteiger partial charge in [-0.05, 0) is 75.6 Å². The SMILES string of the molecule is COc1cccc(N(C2CN(c3cc(O[C@H]4CC[C@@H](Nc5cc(C(F)(F)F)ncn5)CC4)c4nccnc4c3)CCO2)[C@H]2CC[C@@H](Oc3cc(N4CCOCC4)cc4nccnc34)CC2)c1. The van der Waals surface area contributed by atoms with Gasteiger partial charge in [0.1, 0.15) is 52.3 Å². The summed E-state index contributed by atoms with van der Waals surface area (Å²) >= 11 is 0. The summed E-state index contributed by atoms with van der Waals surface area (Å²) in [5.74, 6) is 2.36. The van der Waals surface area contributed by atoms with E-state index in [0.717, 1.165) is 96.3 Å². The molecule has 10 rings (SSSR count). The topological polar surface area (TPSA) is 145 Å².